The van der Waals surface area contributed by atoms with Crippen molar-refractivity contribution in [3.8, 4) is 0 Å². The zero-order valence-electron chi connectivity index (χ0n) is 11.3. The van der Waals surface area contributed by atoms with Crippen LogP contribution in [0.5, 0.6) is 0 Å². The molecule has 0 aliphatic carbocycles. The standard InChI is InChI=1S/C13H16F5N3/c1-8-4-12(14,15)7-21-10(8)6-20-11-3-2-9(5-19-11)13(16,17)18/h2-3,5,8,10,21H,4,6-7H2,1H3,(H,19,20)/t8-,10?/m1/s1. The van der Waals surface area contributed by atoms with Crippen molar-refractivity contribution in [3.63, 3.8) is 0 Å². The van der Waals surface area contributed by atoms with E-state index in [1.165, 1.54) is 6.07 Å². The van der Waals surface area contributed by atoms with Gasteiger partial charge in [0.05, 0.1) is 12.1 Å². The smallest absolute Gasteiger partial charge is 0.369 e. The summed E-state index contributed by atoms with van der Waals surface area (Å²) in [7, 11) is 0. The van der Waals surface area contributed by atoms with E-state index in [-0.39, 0.29) is 30.7 Å². The van der Waals surface area contributed by atoms with Crippen molar-refractivity contribution >= 4 is 5.82 Å². The van der Waals surface area contributed by atoms with Crippen molar-refractivity contribution in [2.75, 3.05) is 18.4 Å². The van der Waals surface area contributed by atoms with Crippen LogP contribution in [0.15, 0.2) is 18.3 Å². The molecule has 1 aromatic rings. The minimum absolute atomic E-state index is 0.172. The molecule has 8 heteroatoms. The summed E-state index contributed by atoms with van der Waals surface area (Å²) in [6.07, 6.45) is -3.88. The predicted molar refractivity (Wildman–Crippen MR) is 68.2 cm³/mol. The molecule has 0 spiro atoms. The topological polar surface area (TPSA) is 37.0 Å². The van der Waals surface area contributed by atoms with Gasteiger partial charge in [-0.1, -0.05) is 6.92 Å². The van der Waals surface area contributed by atoms with Gasteiger partial charge in [-0.2, -0.15) is 13.2 Å². The molecule has 0 bridgehead atoms. The third kappa shape index (κ3) is 4.26. The Morgan fingerprint density at radius 3 is 2.62 bits per heavy atom. The van der Waals surface area contributed by atoms with E-state index in [2.05, 4.69) is 15.6 Å². The number of piperidine rings is 1. The average molecular weight is 309 g/mol. The van der Waals surface area contributed by atoms with Crippen molar-refractivity contribution in [3.05, 3.63) is 23.9 Å². The lowest BCUT2D eigenvalue weighted by molar-refractivity contribution is -0.137. The van der Waals surface area contributed by atoms with Gasteiger partial charge in [0.15, 0.2) is 0 Å². The highest BCUT2D eigenvalue weighted by Crippen LogP contribution is 2.30. The molecule has 1 saturated heterocycles. The Morgan fingerprint density at radius 1 is 1.38 bits per heavy atom. The van der Waals surface area contributed by atoms with Crippen molar-refractivity contribution in [1.82, 2.24) is 10.3 Å². The van der Waals surface area contributed by atoms with Crippen LogP contribution in [0.25, 0.3) is 0 Å². The fourth-order valence-electron chi connectivity index (χ4n) is 2.32. The van der Waals surface area contributed by atoms with Gasteiger partial charge in [0.2, 0.25) is 0 Å². The molecule has 0 saturated carbocycles. The molecule has 2 heterocycles. The summed E-state index contributed by atoms with van der Waals surface area (Å²) in [5.41, 5.74) is -0.822. The third-order valence-corrected chi connectivity index (χ3v) is 3.52. The van der Waals surface area contributed by atoms with E-state index >= 15 is 0 Å². The summed E-state index contributed by atoms with van der Waals surface area (Å²) in [5.74, 6) is -2.66. The van der Waals surface area contributed by atoms with Gasteiger partial charge in [-0.05, 0) is 18.1 Å². The first-order chi connectivity index (χ1) is 9.67. The molecule has 21 heavy (non-hydrogen) atoms. The van der Waals surface area contributed by atoms with Crippen LogP contribution < -0.4 is 10.6 Å². The van der Waals surface area contributed by atoms with Crippen LogP contribution in [0.1, 0.15) is 18.9 Å². The van der Waals surface area contributed by atoms with Gasteiger partial charge in [0.25, 0.3) is 5.92 Å². The highest BCUT2D eigenvalue weighted by Gasteiger charge is 2.39. The SMILES string of the molecule is C[C@@H]1CC(F)(F)CNC1CNc1ccc(C(F)(F)F)cn1. The van der Waals surface area contributed by atoms with Crippen molar-refractivity contribution in [1.29, 1.82) is 0 Å². The summed E-state index contributed by atoms with van der Waals surface area (Å²) in [6.45, 7) is 1.66. The molecule has 1 aliphatic rings. The monoisotopic (exact) mass is 309 g/mol. The van der Waals surface area contributed by atoms with Gasteiger partial charge >= 0.3 is 6.18 Å². The number of nitrogens with zero attached hydrogens (tertiary/aromatic N) is 1. The van der Waals surface area contributed by atoms with E-state index in [1.807, 2.05) is 0 Å². The molecule has 1 unspecified atom stereocenters. The molecular weight excluding hydrogens is 293 g/mol. The van der Waals surface area contributed by atoms with Gasteiger partial charge in [-0.25, -0.2) is 13.8 Å². The van der Waals surface area contributed by atoms with Crippen LogP contribution >= 0.6 is 0 Å². The second-order valence-corrected chi connectivity index (χ2v) is 5.34. The Bertz CT molecular complexity index is 472. The Kier molecular flexibility index (Phi) is 4.36. The number of hydrogen-bond acceptors (Lipinski definition) is 3. The molecule has 1 fully saturated rings. The van der Waals surface area contributed by atoms with Gasteiger partial charge in [-0.15, -0.1) is 0 Å². The molecule has 1 aromatic heterocycles. The molecule has 0 amide bonds. The van der Waals surface area contributed by atoms with Crippen molar-refractivity contribution in [2.24, 2.45) is 5.92 Å². The van der Waals surface area contributed by atoms with Crippen LogP contribution in [-0.2, 0) is 6.18 Å². The minimum Gasteiger partial charge on any atom is -0.369 e. The molecular formula is C13H16F5N3. The largest absolute Gasteiger partial charge is 0.417 e. The molecule has 118 valence electrons. The lowest BCUT2D eigenvalue weighted by Gasteiger charge is -2.35. The summed E-state index contributed by atoms with van der Waals surface area (Å²) in [6, 6.07) is 1.99. The maximum atomic E-state index is 13.1. The Hall–Kier alpha value is -1.44. The Balaban J connectivity index is 1.89. The third-order valence-electron chi connectivity index (χ3n) is 3.52. The zero-order chi connectivity index (χ0) is 15.7. The Morgan fingerprint density at radius 2 is 2.10 bits per heavy atom. The van der Waals surface area contributed by atoms with E-state index in [0.29, 0.717) is 6.54 Å². The van der Waals surface area contributed by atoms with Crippen molar-refractivity contribution < 1.29 is 22.0 Å². The highest BCUT2D eigenvalue weighted by atomic mass is 19.4. The van der Waals surface area contributed by atoms with Gasteiger partial charge < -0.3 is 10.6 Å². The number of aromatic nitrogens is 1. The van der Waals surface area contributed by atoms with Crippen LogP contribution in [0, 0.1) is 5.92 Å². The zero-order valence-corrected chi connectivity index (χ0v) is 11.3. The summed E-state index contributed by atoms with van der Waals surface area (Å²) in [5, 5.41) is 5.61. The minimum atomic E-state index is -4.42. The molecule has 2 atom stereocenters. The first-order valence-corrected chi connectivity index (χ1v) is 6.56. The van der Waals surface area contributed by atoms with Crippen LogP contribution in [-0.4, -0.2) is 30.0 Å². The fourth-order valence-corrected chi connectivity index (χ4v) is 2.32. The average Bonchev–Trinajstić information content (AvgIpc) is 2.36. The maximum absolute atomic E-state index is 13.1. The fraction of sp³-hybridized carbons (Fsp3) is 0.615. The lowest BCUT2D eigenvalue weighted by Crippen LogP contribution is -2.52. The number of alkyl halides is 5. The van der Waals surface area contributed by atoms with Crippen LogP contribution in [0.4, 0.5) is 27.8 Å². The first kappa shape index (κ1) is 15.9. The van der Waals surface area contributed by atoms with Gasteiger partial charge in [0.1, 0.15) is 5.82 Å². The van der Waals surface area contributed by atoms with Gasteiger partial charge in [-0.3, -0.25) is 0 Å². The molecule has 3 nitrogen and oxygen atoms in total. The second kappa shape index (κ2) is 5.75. The van der Waals surface area contributed by atoms with E-state index < -0.39 is 17.7 Å². The first-order valence-electron chi connectivity index (χ1n) is 6.56. The maximum Gasteiger partial charge on any atom is 0.417 e. The highest BCUT2D eigenvalue weighted by molar-refractivity contribution is 5.36. The molecule has 2 rings (SSSR count). The quantitative estimate of drug-likeness (QED) is 0.842. The number of anilines is 1. The molecule has 2 N–H and O–H groups in total. The van der Waals surface area contributed by atoms with Gasteiger partial charge in [0, 0.05) is 25.2 Å². The van der Waals surface area contributed by atoms with Crippen molar-refractivity contribution in [2.45, 2.75) is 31.5 Å². The van der Waals surface area contributed by atoms with E-state index in [9.17, 15) is 22.0 Å². The van der Waals surface area contributed by atoms with E-state index in [4.69, 9.17) is 0 Å². The number of hydrogen-bond donors (Lipinski definition) is 2. The Labute approximate surface area is 118 Å². The summed E-state index contributed by atoms with van der Waals surface area (Å²) < 4.78 is 63.4. The van der Waals surface area contributed by atoms with E-state index in [0.717, 1.165) is 12.3 Å². The van der Waals surface area contributed by atoms with E-state index in [1.54, 1.807) is 6.92 Å². The predicted octanol–water partition coefficient (Wildman–Crippen LogP) is 3.15. The number of nitrogens with one attached hydrogen (secondary N) is 2. The molecule has 0 radical (unpaired) electrons. The van der Waals surface area contributed by atoms with Crippen LogP contribution in [0.3, 0.4) is 0 Å². The number of halogens is 5. The normalized spacial score (nSPS) is 25.6. The second-order valence-electron chi connectivity index (χ2n) is 5.34. The summed E-state index contributed by atoms with van der Waals surface area (Å²) in [4.78, 5) is 3.68. The lowest BCUT2D eigenvalue weighted by atomic mass is 9.90. The molecule has 0 aromatic carbocycles. The van der Waals surface area contributed by atoms with Crippen LogP contribution in [0.2, 0.25) is 0 Å². The number of rotatable bonds is 3. The molecule has 1 aliphatic heterocycles. The number of pyridine rings is 1. The summed E-state index contributed by atoms with van der Waals surface area (Å²) >= 11 is 0.